The van der Waals surface area contributed by atoms with Crippen LogP contribution in [-0.4, -0.2) is 0 Å². The highest BCUT2D eigenvalue weighted by Gasteiger charge is 2.22. The van der Waals surface area contributed by atoms with Crippen molar-refractivity contribution in [1.82, 2.24) is 0 Å². The molecule has 0 aliphatic heterocycles. The van der Waals surface area contributed by atoms with Gasteiger partial charge in [0, 0.05) is 0 Å². The van der Waals surface area contributed by atoms with E-state index in [1.807, 2.05) is 6.07 Å². The van der Waals surface area contributed by atoms with Gasteiger partial charge in [-0.15, -0.1) is 0 Å². The van der Waals surface area contributed by atoms with E-state index in [-0.39, 0.29) is 0 Å². The standard InChI is InChI=1S/C20H24O/c1-16-11-13-18(14-12-16)19-9-5-6-10-20(19)21-15-17-7-3-2-4-8-17/h2-10,16,18H,11-15H2,1H3. The molecule has 0 bridgehead atoms. The number of hydrogen-bond donors (Lipinski definition) is 0. The van der Waals surface area contributed by atoms with Crippen LogP contribution in [0.5, 0.6) is 5.75 Å². The third-order valence-corrected chi connectivity index (χ3v) is 4.61. The predicted octanol–water partition coefficient (Wildman–Crippen LogP) is 5.56. The molecule has 0 N–H and O–H groups in total. The SMILES string of the molecule is CC1CCC(c2ccccc2OCc2ccccc2)CC1. The first-order valence-corrected chi connectivity index (χ1v) is 8.08. The maximum atomic E-state index is 6.10. The van der Waals surface area contributed by atoms with Gasteiger partial charge in [-0.3, -0.25) is 0 Å². The van der Waals surface area contributed by atoms with Crippen molar-refractivity contribution < 1.29 is 4.74 Å². The molecule has 21 heavy (non-hydrogen) atoms. The molecule has 3 rings (SSSR count). The summed E-state index contributed by atoms with van der Waals surface area (Å²) in [7, 11) is 0. The Hall–Kier alpha value is -1.76. The van der Waals surface area contributed by atoms with Crippen molar-refractivity contribution in [2.75, 3.05) is 0 Å². The minimum atomic E-state index is 0.654. The van der Waals surface area contributed by atoms with E-state index in [1.54, 1.807) is 0 Å². The van der Waals surface area contributed by atoms with Gasteiger partial charge in [-0.1, -0.05) is 68.3 Å². The zero-order chi connectivity index (χ0) is 14.5. The fourth-order valence-corrected chi connectivity index (χ4v) is 3.26. The van der Waals surface area contributed by atoms with Gasteiger partial charge in [0.15, 0.2) is 0 Å². The molecule has 1 saturated carbocycles. The van der Waals surface area contributed by atoms with Gasteiger partial charge >= 0.3 is 0 Å². The summed E-state index contributed by atoms with van der Waals surface area (Å²) in [5.41, 5.74) is 2.63. The van der Waals surface area contributed by atoms with Crippen LogP contribution in [0.4, 0.5) is 0 Å². The Bertz CT molecular complexity index is 553. The first-order valence-electron chi connectivity index (χ1n) is 8.08. The minimum absolute atomic E-state index is 0.654. The van der Waals surface area contributed by atoms with Crippen LogP contribution in [0, 0.1) is 5.92 Å². The molecule has 0 radical (unpaired) electrons. The lowest BCUT2D eigenvalue weighted by Crippen LogP contribution is -2.12. The number of hydrogen-bond acceptors (Lipinski definition) is 1. The molecule has 1 aliphatic carbocycles. The van der Waals surface area contributed by atoms with Crippen molar-refractivity contribution in [3.63, 3.8) is 0 Å². The zero-order valence-corrected chi connectivity index (χ0v) is 12.8. The molecule has 0 aromatic heterocycles. The number of benzene rings is 2. The fourth-order valence-electron chi connectivity index (χ4n) is 3.26. The second kappa shape index (κ2) is 6.80. The van der Waals surface area contributed by atoms with E-state index in [9.17, 15) is 0 Å². The summed E-state index contributed by atoms with van der Waals surface area (Å²) in [6.07, 6.45) is 5.29. The van der Waals surface area contributed by atoms with Crippen molar-refractivity contribution in [2.24, 2.45) is 5.92 Å². The van der Waals surface area contributed by atoms with E-state index in [1.165, 1.54) is 36.8 Å². The van der Waals surface area contributed by atoms with Crippen LogP contribution in [-0.2, 0) is 6.61 Å². The molecule has 1 nitrogen and oxygen atoms in total. The maximum Gasteiger partial charge on any atom is 0.123 e. The van der Waals surface area contributed by atoms with E-state index in [2.05, 4.69) is 55.5 Å². The molecule has 2 aromatic carbocycles. The molecule has 0 amide bonds. The van der Waals surface area contributed by atoms with Crippen molar-refractivity contribution in [3.05, 3.63) is 65.7 Å². The Kier molecular flexibility index (Phi) is 4.59. The lowest BCUT2D eigenvalue weighted by atomic mass is 9.79. The summed E-state index contributed by atoms with van der Waals surface area (Å²) in [6, 6.07) is 19.0. The summed E-state index contributed by atoms with van der Waals surface area (Å²) in [5, 5.41) is 0. The van der Waals surface area contributed by atoms with E-state index in [0.29, 0.717) is 12.5 Å². The summed E-state index contributed by atoms with van der Waals surface area (Å²) < 4.78 is 6.10. The summed E-state index contributed by atoms with van der Waals surface area (Å²) >= 11 is 0. The van der Waals surface area contributed by atoms with Gasteiger partial charge in [0.2, 0.25) is 0 Å². The van der Waals surface area contributed by atoms with Crippen LogP contribution in [0.15, 0.2) is 54.6 Å². The van der Waals surface area contributed by atoms with Gasteiger partial charge in [0.1, 0.15) is 12.4 Å². The Morgan fingerprint density at radius 2 is 1.52 bits per heavy atom. The average Bonchev–Trinajstić information content (AvgIpc) is 2.55. The second-order valence-corrected chi connectivity index (χ2v) is 6.27. The molecule has 0 unspecified atom stereocenters. The molecular formula is C20H24O. The summed E-state index contributed by atoms with van der Waals surface area (Å²) in [5.74, 6) is 2.63. The molecule has 0 atom stereocenters. The van der Waals surface area contributed by atoms with Gasteiger partial charge in [-0.05, 0) is 41.9 Å². The first kappa shape index (κ1) is 14.2. The molecule has 0 heterocycles. The Morgan fingerprint density at radius 3 is 2.29 bits per heavy atom. The van der Waals surface area contributed by atoms with E-state index < -0.39 is 0 Å². The van der Waals surface area contributed by atoms with Gasteiger partial charge in [0.05, 0.1) is 0 Å². The van der Waals surface area contributed by atoms with Gasteiger partial charge in [0.25, 0.3) is 0 Å². The molecule has 110 valence electrons. The second-order valence-electron chi connectivity index (χ2n) is 6.27. The highest BCUT2D eigenvalue weighted by Crippen LogP contribution is 2.39. The van der Waals surface area contributed by atoms with Crippen LogP contribution in [0.1, 0.15) is 49.7 Å². The van der Waals surface area contributed by atoms with Gasteiger partial charge < -0.3 is 4.74 Å². The predicted molar refractivity (Wildman–Crippen MR) is 87.6 cm³/mol. The lowest BCUT2D eigenvalue weighted by Gasteiger charge is -2.27. The molecule has 0 spiro atoms. The first-order chi connectivity index (χ1) is 10.3. The van der Waals surface area contributed by atoms with Gasteiger partial charge in [-0.25, -0.2) is 0 Å². The van der Waals surface area contributed by atoms with Crippen molar-refractivity contribution in [3.8, 4) is 5.75 Å². The van der Waals surface area contributed by atoms with Crippen LogP contribution >= 0.6 is 0 Å². The highest BCUT2D eigenvalue weighted by atomic mass is 16.5. The van der Waals surface area contributed by atoms with E-state index in [4.69, 9.17) is 4.74 Å². The van der Waals surface area contributed by atoms with Crippen molar-refractivity contribution in [2.45, 2.75) is 45.1 Å². The molecule has 2 aromatic rings. The monoisotopic (exact) mass is 280 g/mol. The number of rotatable bonds is 4. The van der Waals surface area contributed by atoms with Crippen LogP contribution in [0.3, 0.4) is 0 Å². The zero-order valence-electron chi connectivity index (χ0n) is 12.8. The van der Waals surface area contributed by atoms with E-state index in [0.717, 1.165) is 11.7 Å². The minimum Gasteiger partial charge on any atom is -0.489 e. The molecule has 1 heteroatoms. The Labute approximate surface area is 128 Å². The summed E-state index contributed by atoms with van der Waals surface area (Å²) in [6.45, 7) is 3.02. The van der Waals surface area contributed by atoms with Gasteiger partial charge in [-0.2, -0.15) is 0 Å². The highest BCUT2D eigenvalue weighted by molar-refractivity contribution is 5.36. The quantitative estimate of drug-likeness (QED) is 0.712. The van der Waals surface area contributed by atoms with Crippen LogP contribution < -0.4 is 4.74 Å². The smallest absolute Gasteiger partial charge is 0.123 e. The lowest BCUT2D eigenvalue weighted by molar-refractivity contribution is 0.291. The Morgan fingerprint density at radius 1 is 0.857 bits per heavy atom. The largest absolute Gasteiger partial charge is 0.489 e. The van der Waals surface area contributed by atoms with E-state index >= 15 is 0 Å². The maximum absolute atomic E-state index is 6.10. The number of ether oxygens (including phenoxy) is 1. The number of para-hydroxylation sites is 1. The molecule has 1 aliphatic rings. The third kappa shape index (κ3) is 3.66. The summed E-state index contributed by atoms with van der Waals surface area (Å²) in [4.78, 5) is 0. The average molecular weight is 280 g/mol. The van der Waals surface area contributed by atoms with Crippen LogP contribution in [0.2, 0.25) is 0 Å². The molecule has 1 fully saturated rings. The topological polar surface area (TPSA) is 9.23 Å². The Balaban J connectivity index is 1.70. The van der Waals surface area contributed by atoms with Crippen LogP contribution in [0.25, 0.3) is 0 Å². The molecule has 0 saturated heterocycles. The normalized spacial score (nSPS) is 22.0. The van der Waals surface area contributed by atoms with Crippen molar-refractivity contribution in [1.29, 1.82) is 0 Å². The van der Waals surface area contributed by atoms with Crippen molar-refractivity contribution >= 4 is 0 Å². The fraction of sp³-hybridized carbons (Fsp3) is 0.400. The molecular weight excluding hydrogens is 256 g/mol. The third-order valence-electron chi connectivity index (χ3n) is 4.61.